The summed E-state index contributed by atoms with van der Waals surface area (Å²) in [6, 6.07) is 0.433. The second-order valence-electron chi connectivity index (χ2n) is 6.12. The summed E-state index contributed by atoms with van der Waals surface area (Å²) in [6.45, 7) is 3.68. The van der Waals surface area contributed by atoms with Crippen molar-refractivity contribution in [3.05, 3.63) is 0 Å². The van der Waals surface area contributed by atoms with Gasteiger partial charge in [0.25, 0.3) is 0 Å². The Bertz CT molecular complexity index is 295. The zero-order valence-electron chi connectivity index (χ0n) is 11.6. The van der Waals surface area contributed by atoms with E-state index < -0.39 is 5.60 Å². The van der Waals surface area contributed by atoms with Gasteiger partial charge in [-0.15, -0.1) is 0 Å². The predicted octanol–water partition coefficient (Wildman–Crippen LogP) is 1.87. The van der Waals surface area contributed by atoms with E-state index in [0.717, 1.165) is 32.4 Å². The van der Waals surface area contributed by atoms with Crippen molar-refractivity contribution >= 4 is 5.96 Å². The molecule has 0 aromatic carbocycles. The first-order chi connectivity index (χ1) is 8.57. The van der Waals surface area contributed by atoms with Gasteiger partial charge in [-0.25, -0.2) is 4.99 Å². The van der Waals surface area contributed by atoms with Crippen molar-refractivity contribution in [1.29, 1.82) is 0 Å². The molecule has 0 spiro atoms. The van der Waals surface area contributed by atoms with E-state index in [1.807, 2.05) is 6.92 Å². The number of nitrogens with zero attached hydrogens (tertiary/aromatic N) is 2. The van der Waals surface area contributed by atoms with Crippen LogP contribution in [0.5, 0.6) is 0 Å². The van der Waals surface area contributed by atoms with Gasteiger partial charge in [0.15, 0.2) is 5.96 Å². The molecule has 4 heteroatoms. The number of rotatable bonds is 1. The van der Waals surface area contributed by atoms with Gasteiger partial charge >= 0.3 is 0 Å². The van der Waals surface area contributed by atoms with E-state index in [1.165, 1.54) is 32.1 Å². The second kappa shape index (κ2) is 5.91. The van der Waals surface area contributed by atoms with Crippen LogP contribution in [0.1, 0.15) is 58.3 Å². The van der Waals surface area contributed by atoms with E-state index >= 15 is 0 Å². The van der Waals surface area contributed by atoms with Gasteiger partial charge < -0.3 is 15.7 Å². The number of hydrogen-bond donors (Lipinski definition) is 2. The fourth-order valence-electron chi connectivity index (χ4n) is 2.97. The van der Waals surface area contributed by atoms with Crippen LogP contribution in [0.25, 0.3) is 0 Å². The fraction of sp³-hybridized carbons (Fsp3) is 0.929. The van der Waals surface area contributed by atoms with Crippen molar-refractivity contribution in [2.45, 2.75) is 69.9 Å². The molecule has 0 bridgehead atoms. The zero-order chi connectivity index (χ0) is 13.0. The SMILES string of the molecule is CC1(O)CCCN(C(N)=NC2CCCCC2)CC1. The minimum Gasteiger partial charge on any atom is -0.390 e. The molecule has 1 aliphatic heterocycles. The summed E-state index contributed by atoms with van der Waals surface area (Å²) in [4.78, 5) is 6.84. The largest absolute Gasteiger partial charge is 0.390 e. The molecule has 4 nitrogen and oxygen atoms in total. The molecule has 1 aliphatic carbocycles. The Hall–Kier alpha value is -0.770. The quantitative estimate of drug-likeness (QED) is 0.554. The number of guanidine groups is 1. The lowest BCUT2D eigenvalue weighted by atomic mass is 9.96. The highest BCUT2D eigenvalue weighted by Gasteiger charge is 2.26. The number of aliphatic hydroxyl groups is 1. The lowest BCUT2D eigenvalue weighted by Crippen LogP contribution is -2.39. The Balaban J connectivity index is 1.91. The van der Waals surface area contributed by atoms with Crippen LogP contribution >= 0.6 is 0 Å². The molecule has 1 saturated heterocycles. The summed E-state index contributed by atoms with van der Waals surface area (Å²) < 4.78 is 0. The maximum atomic E-state index is 10.1. The van der Waals surface area contributed by atoms with Crippen LogP contribution in [-0.4, -0.2) is 40.7 Å². The molecule has 2 aliphatic rings. The van der Waals surface area contributed by atoms with Gasteiger partial charge in [0.2, 0.25) is 0 Å². The third-order valence-corrected chi connectivity index (χ3v) is 4.28. The first-order valence-corrected chi connectivity index (χ1v) is 7.37. The molecule has 0 amide bonds. The van der Waals surface area contributed by atoms with Crippen molar-refractivity contribution in [2.75, 3.05) is 13.1 Å². The van der Waals surface area contributed by atoms with Crippen molar-refractivity contribution in [1.82, 2.24) is 4.90 Å². The summed E-state index contributed by atoms with van der Waals surface area (Å²) in [5.74, 6) is 0.694. The molecule has 0 aromatic heterocycles. The van der Waals surface area contributed by atoms with Crippen LogP contribution in [0, 0.1) is 0 Å². The molecule has 2 fully saturated rings. The van der Waals surface area contributed by atoms with Crippen LogP contribution in [0.3, 0.4) is 0 Å². The average molecular weight is 253 g/mol. The van der Waals surface area contributed by atoms with E-state index in [0.29, 0.717) is 12.0 Å². The van der Waals surface area contributed by atoms with E-state index in [-0.39, 0.29) is 0 Å². The summed E-state index contributed by atoms with van der Waals surface area (Å²) in [5.41, 5.74) is 5.60. The Morgan fingerprint density at radius 1 is 1.17 bits per heavy atom. The van der Waals surface area contributed by atoms with Gasteiger partial charge in [0, 0.05) is 13.1 Å². The lowest BCUT2D eigenvalue weighted by Gasteiger charge is -2.25. The monoisotopic (exact) mass is 253 g/mol. The molecule has 3 N–H and O–H groups in total. The number of aliphatic imine (C=N–C) groups is 1. The Morgan fingerprint density at radius 3 is 2.61 bits per heavy atom. The van der Waals surface area contributed by atoms with Gasteiger partial charge in [-0.2, -0.15) is 0 Å². The van der Waals surface area contributed by atoms with Gasteiger partial charge in [-0.05, 0) is 39.0 Å². The highest BCUT2D eigenvalue weighted by molar-refractivity contribution is 5.78. The van der Waals surface area contributed by atoms with Gasteiger partial charge in [-0.3, -0.25) is 0 Å². The minimum atomic E-state index is -0.528. The van der Waals surface area contributed by atoms with E-state index in [4.69, 9.17) is 5.73 Å². The highest BCUT2D eigenvalue weighted by atomic mass is 16.3. The molecule has 1 atom stereocenters. The van der Waals surface area contributed by atoms with Crippen molar-refractivity contribution in [2.24, 2.45) is 10.7 Å². The third kappa shape index (κ3) is 3.87. The maximum absolute atomic E-state index is 10.1. The van der Waals surface area contributed by atoms with Crippen LogP contribution in [0.15, 0.2) is 4.99 Å². The number of hydrogen-bond acceptors (Lipinski definition) is 2. The van der Waals surface area contributed by atoms with Crippen LogP contribution in [0.2, 0.25) is 0 Å². The van der Waals surface area contributed by atoms with Crippen molar-refractivity contribution in [3.8, 4) is 0 Å². The summed E-state index contributed by atoms with van der Waals surface area (Å²) in [7, 11) is 0. The Kier molecular flexibility index (Phi) is 4.49. The smallest absolute Gasteiger partial charge is 0.191 e. The predicted molar refractivity (Wildman–Crippen MR) is 74.5 cm³/mol. The van der Waals surface area contributed by atoms with Gasteiger partial charge in [-0.1, -0.05) is 19.3 Å². The fourth-order valence-corrected chi connectivity index (χ4v) is 2.97. The molecule has 1 unspecified atom stereocenters. The highest BCUT2D eigenvalue weighted by Crippen LogP contribution is 2.23. The topological polar surface area (TPSA) is 61.8 Å². The summed E-state index contributed by atoms with van der Waals surface area (Å²) in [6.07, 6.45) is 8.94. The van der Waals surface area contributed by atoms with E-state index in [2.05, 4.69) is 9.89 Å². The minimum absolute atomic E-state index is 0.433. The van der Waals surface area contributed by atoms with E-state index in [9.17, 15) is 5.11 Å². The second-order valence-corrected chi connectivity index (χ2v) is 6.12. The molecule has 0 aromatic rings. The van der Waals surface area contributed by atoms with E-state index in [1.54, 1.807) is 0 Å². The van der Waals surface area contributed by atoms with Crippen molar-refractivity contribution in [3.63, 3.8) is 0 Å². The maximum Gasteiger partial charge on any atom is 0.191 e. The van der Waals surface area contributed by atoms with Crippen LogP contribution in [0.4, 0.5) is 0 Å². The number of likely N-dealkylation sites (tertiary alicyclic amines) is 1. The zero-order valence-corrected chi connectivity index (χ0v) is 11.6. The molecular weight excluding hydrogens is 226 g/mol. The molecule has 104 valence electrons. The molecule has 1 saturated carbocycles. The molecular formula is C14H27N3O. The summed E-state index contributed by atoms with van der Waals surface area (Å²) in [5, 5.41) is 10.1. The normalized spacial score (nSPS) is 32.3. The standard InChI is InChI=1S/C14H27N3O/c1-14(18)8-5-10-17(11-9-14)13(15)16-12-6-3-2-4-7-12/h12,18H,2-11H2,1H3,(H2,15,16). The summed E-state index contributed by atoms with van der Waals surface area (Å²) >= 11 is 0. The third-order valence-electron chi connectivity index (χ3n) is 4.28. The van der Waals surface area contributed by atoms with Crippen LogP contribution < -0.4 is 5.73 Å². The first kappa shape index (κ1) is 13.7. The average Bonchev–Trinajstić information content (AvgIpc) is 2.51. The van der Waals surface area contributed by atoms with Gasteiger partial charge in [0.1, 0.15) is 0 Å². The van der Waals surface area contributed by atoms with Gasteiger partial charge in [0.05, 0.1) is 11.6 Å². The molecule has 0 radical (unpaired) electrons. The molecule has 2 rings (SSSR count). The Labute approximate surface area is 110 Å². The molecule has 1 heterocycles. The number of nitrogens with two attached hydrogens (primary N) is 1. The lowest BCUT2D eigenvalue weighted by molar-refractivity contribution is 0.0462. The Morgan fingerprint density at radius 2 is 1.89 bits per heavy atom. The van der Waals surface area contributed by atoms with Crippen LogP contribution in [-0.2, 0) is 0 Å². The first-order valence-electron chi connectivity index (χ1n) is 7.37. The molecule has 18 heavy (non-hydrogen) atoms. The van der Waals surface area contributed by atoms with Crippen molar-refractivity contribution < 1.29 is 5.11 Å².